The number of urea groups is 1. The summed E-state index contributed by atoms with van der Waals surface area (Å²) in [5.41, 5.74) is -0.917. The van der Waals surface area contributed by atoms with Crippen molar-refractivity contribution in [1.29, 1.82) is 0 Å². The normalized spacial score (nSPS) is 30.7. The monoisotopic (exact) mass is 353 g/mol. The fraction of sp³-hybridized carbons (Fsp3) is 0.889. The minimum Gasteiger partial charge on any atom is -0.481 e. The Hall–Kier alpha value is -1.34. The number of ether oxygens (including phenoxy) is 1. The van der Waals surface area contributed by atoms with Crippen LogP contribution in [0.5, 0.6) is 0 Å². The molecular formula is C18H31N3O4. The molecule has 7 heteroatoms. The molecule has 0 aromatic heterocycles. The van der Waals surface area contributed by atoms with Gasteiger partial charge in [-0.15, -0.1) is 0 Å². The molecular weight excluding hydrogens is 322 g/mol. The lowest BCUT2D eigenvalue weighted by atomic mass is 9.81. The Bertz CT molecular complexity index is 507. The summed E-state index contributed by atoms with van der Waals surface area (Å²) in [6, 6.07) is -0.0112. The molecule has 3 atom stereocenters. The summed E-state index contributed by atoms with van der Waals surface area (Å²) in [6.45, 7) is 8.78. The zero-order chi connectivity index (χ0) is 18.0. The lowest BCUT2D eigenvalue weighted by molar-refractivity contribution is -0.149. The Morgan fingerprint density at radius 3 is 2.64 bits per heavy atom. The maximum absolute atomic E-state index is 12.8. The number of hydrogen-bond acceptors (Lipinski definition) is 4. The number of carbonyl (C=O) groups excluding carboxylic acids is 1. The largest absolute Gasteiger partial charge is 0.481 e. The maximum Gasteiger partial charge on any atom is 0.317 e. The van der Waals surface area contributed by atoms with Crippen molar-refractivity contribution >= 4 is 12.0 Å². The summed E-state index contributed by atoms with van der Waals surface area (Å²) in [5, 5.41) is 12.8. The third-order valence-corrected chi connectivity index (χ3v) is 5.85. The van der Waals surface area contributed by atoms with Crippen LogP contribution in [0.2, 0.25) is 0 Å². The van der Waals surface area contributed by atoms with E-state index in [1.54, 1.807) is 4.90 Å². The van der Waals surface area contributed by atoms with Gasteiger partial charge in [-0.1, -0.05) is 13.8 Å². The van der Waals surface area contributed by atoms with E-state index in [1.807, 2.05) is 0 Å². The predicted molar refractivity (Wildman–Crippen MR) is 93.4 cm³/mol. The van der Waals surface area contributed by atoms with E-state index in [0.29, 0.717) is 19.1 Å². The molecule has 0 radical (unpaired) electrons. The van der Waals surface area contributed by atoms with Crippen molar-refractivity contribution in [3.8, 4) is 0 Å². The first kappa shape index (κ1) is 18.5. The lowest BCUT2D eigenvalue weighted by Gasteiger charge is -2.28. The van der Waals surface area contributed by atoms with Crippen molar-refractivity contribution in [1.82, 2.24) is 15.1 Å². The molecule has 2 amide bonds. The van der Waals surface area contributed by atoms with Crippen LogP contribution in [0.1, 0.15) is 33.1 Å². The quantitative estimate of drug-likeness (QED) is 0.751. The molecule has 3 aliphatic heterocycles. The molecule has 0 saturated carbocycles. The van der Waals surface area contributed by atoms with Crippen molar-refractivity contribution in [2.24, 2.45) is 17.3 Å². The van der Waals surface area contributed by atoms with Crippen molar-refractivity contribution in [3.63, 3.8) is 0 Å². The smallest absolute Gasteiger partial charge is 0.317 e. The van der Waals surface area contributed by atoms with Gasteiger partial charge >= 0.3 is 12.0 Å². The summed E-state index contributed by atoms with van der Waals surface area (Å²) in [5.74, 6) is -0.441. The van der Waals surface area contributed by atoms with Gasteiger partial charge in [0.15, 0.2) is 0 Å². The number of nitrogens with zero attached hydrogens (tertiary/aromatic N) is 2. The first-order valence-corrected chi connectivity index (χ1v) is 9.49. The molecule has 7 nitrogen and oxygen atoms in total. The van der Waals surface area contributed by atoms with Crippen LogP contribution in [0.3, 0.4) is 0 Å². The van der Waals surface area contributed by atoms with Gasteiger partial charge in [0.05, 0.1) is 13.2 Å². The number of fused-ring (bicyclic) bond motifs is 1. The third kappa shape index (κ3) is 3.92. The summed E-state index contributed by atoms with van der Waals surface area (Å²) in [6.07, 6.45) is 3.40. The molecule has 0 unspecified atom stereocenters. The summed E-state index contributed by atoms with van der Waals surface area (Å²) in [4.78, 5) is 28.6. The second-order valence-electron chi connectivity index (χ2n) is 8.34. The number of carboxylic acids is 1. The lowest BCUT2D eigenvalue weighted by Crippen LogP contribution is -2.49. The first-order chi connectivity index (χ1) is 11.9. The fourth-order valence-corrected chi connectivity index (χ4v) is 4.48. The van der Waals surface area contributed by atoms with E-state index < -0.39 is 11.4 Å². The van der Waals surface area contributed by atoms with E-state index >= 15 is 0 Å². The molecule has 3 fully saturated rings. The molecule has 3 rings (SSSR count). The molecule has 0 bridgehead atoms. The van der Waals surface area contributed by atoms with Gasteiger partial charge in [0.2, 0.25) is 0 Å². The number of carbonyl (C=O) groups is 2. The summed E-state index contributed by atoms with van der Waals surface area (Å²) in [7, 11) is 0. The minimum absolute atomic E-state index is 0.0992. The molecule has 0 spiro atoms. The van der Waals surface area contributed by atoms with Crippen LogP contribution >= 0.6 is 0 Å². The number of likely N-dealkylation sites (tertiary alicyclic amines) is 2. The van der Waals surface area contributed by atoms with Gasteiger partial charge in [-0.25, -0.2) is 4.79 Å². The van der Waals surface area contributed by atoms with Crippen LogP contribution in [-0.4, -0.2) is 78.9 Å². The third-order valence-electron chi connectivity index (χ3n) is 5.85. The molecule has 25 heavy (non-hydrogen) atoms. The predicted octanol–water partition coefficient (Wildman–Crippen LogP) is 1.24. The Labute approximate surface area is 149 Å². The summed E-state index contributed by atoms with van der Waals surface area (Å²) >= 11 is 0. The van der Waals surface area contributed by atoms with Gasteiger partial charge in [0.25, 0.3) is 0 Å². The number of aliphatic carboxylic acids is 1. The van der Waals surface area contributed by atoms with Crippen LogP contribution in [0.15, 0.2) is 0 Å². The van der Waals surface area contributed by atoms with Gasteiger partial charge in [-0.05, 0) is 38.3 Å². The van der Waals surface area contributed by atoms with Crippen LogP contribution in [-0.2, 0) is 9.53 Å². The average molecular weight is 353 g/mol. The number of hydrogen-bond donors (Lipinski definition) is 2. The molecule has 3 heterocycles. The van der Waals surface area contributed by atoms with Gasteiger partial charge in [0.1, 0.15) is 5.41 Å². The van der Waals surface area contributed by atoms with Crippen molar-refractivity contribution in [2.75, 3.05) is 45.9 Å². The van der Waals surface area contributed by atoms with E-state index in [-0.39, 0.29) is 31.1 Å². The Balaban J connectivity index is 1.60. The molecule has 2 N–H and O–H groups in total. The van der Waals surface area contributed by atoms with Crippen LogP contribution in [0, 0.1) is 17.3 Å². The Kier molecular flexibility index (Phi) is 5.53. The second-order valence-corrected chi connectivity index (χ2v) is 8.34. The van der Waals surface area contributed by atoms with Crippen LogP contribution in [0.4, 0.5) is 4.79 Å². The van der Waals surface area contributed by atoms with Gasteiger partial charge in [-0.2, -0.15) is 0 Å². The van der Waals surface area contributed by atoms with Crippen LogP contribution in [0.25, 0.3) is 0 Å². The van der Waals surface area contributed by atoms with Crippen molar-refractivity contribution in [2.45, 2.75) is 39.2 Å². The molecule has 0 aliphatic carbocycles. The highest BCUT2D eigenvalue weighted by atomic mass is 16.5. The summed E-state index contributed by atoms with van der Waals surface area (Å²) < 4.78 is 5.38. The van der Waals surface area contributed by atoms with Crippen LogP contribution < -0.4 is 5.32 Å². The van der Waals surface area contributed by atoms with E-state index in [4.69, 9.17) is 4.74 Å². The van der Waals surface area contributed by atoms with Gasteiger partial charge in [0, 0.05) is 31.6 Å². The van der Waals surface area contributed by atoms with E-state index in [0.717, 1.165) is 26.1 Å². The Morgan fingerprint density at radius 1 is 1.32 bits per heavy atom. The van der Waals surface area contributed by atoms with E-state index in [1.165, 1.54) is 12.8 Å². The number of carboxylic acid groups (broad SMARTS) is 1. The molecule has 142 valence electrons. The van der Waals surface area contributed by atoms with Crippen molar-refractivity contribution < 1.29 is 19.4 Å². The number of rotatable bonds is 6. The van der Waals surface area contributed by atoms with E-state index in [2.05, 4.69) is 24.1 Å². The molecule has 0 aromatic rings. The topological polar surface area (TPSA) is 82.1 Å². The average Bonchev–Trinajstić information content (AvgIpc) is 3.20. The zero-order valence-corrected chi connectivity index (χ0v) is 15.4. The second kappa shape index (κ2) is 7.50. The standard InChI is InChI=1S/C18H31N3O4/c1-13(2)7-15(9-20-5-3-4-6-20)19-17(24)21-8-14-10-25-12-18(14,11-21)16(22)23/h13-15H,3-12H2,1-2H3,(H,19,24)(H,22,23)/t14-,15+,18-/m1/s1. The molecule has 3 saturated heterocycles. The van der Waals surface area contributed by atoms with Gasteiger partial charge in [-0.3, -0.25) is 4.79 Å². The molecule has 3 aliphatic rings. The highest BCUT2D eigenvalue weighted by molar-refractivity contribution is 5.80. The number of nitrogens with one attached hydrogen (secondary N) is 1. The highest BCUT2D eigenvalue weighted by Crippen LogP contribution is 2.41. The maximum atomic E-state index is 12.8. The molecule has 0 aromatic carbocycles. The number of amides is 2. The fourth-order valence-electron chi connectivity index (χ4n) is 4.48. The zero-order valence-electron chi connectivity index (χ0n) is 15.4. The first-order valence-electron chi connectivity index (χ1n) is 9.49. The van der Waals surface area contributed by atoms with Gasteiger partial charge < -0.3 is 25.0 Å². The van der Waals surface area contributed by atoms with E-state index in [9.17, 15) is 14.7 Å². The highest BCUT2D eigenvalue weighted by Gasteiger charge is 2.57. The minimum atomic E-state index is -0.917. The SMILES string of the molecule is CC(C)C[C@@H](CN1CCCC1)NC(=O)N1C[C@@H]2COC[C@]2(C(=O)O)C1. The van der Waals surface area contributed by atoms with Crippen molar-refractivity contribution in [3.05, 3.63) is 0 Å². The Morgan fingerprint density at radius 2 is 2.04 bits per heavy atom.